The zero-order chi connectivity index (χ0) is 25.2. The topological polar surface area (TPSA) is 133 Å². The van der Waals surface area contributed by atoms with E-state index in [0.717, 1.165) is 18.4 Å². The Morgan fingerprint density at radius 2 is 1.92 bits per heavy atom. The number of methoxy groups -OCH3 is 1. The third kappa shape index (κ3) is 5.13. The fraction of sp³-hybridized carbons (Fsp3) is 0.231. The third-order valence-electron chi connectivity index (χ3n) is 5.81. The average Bonchev–Trinajstić information content (AvgIpc) is 3.65. The summed E-state index contributed by atoms with van der Waals surface area (Å²) in [6.45, 7) is 1.87. The number of nitrogens with two attached hydrogens (primary N) is 1. The highest BCUT2D eigenvalue weighted by Gasteiger charge is 2.30. The molecule has 1 unspecified atom stereocenters. The number of imidazole rings is 1. The van der Waals surface area contributed by atoms with Crippen molar-refractivity contribution in [3.63, 3.8) is 0 Å². The number of rotatable bonds is 8. The maximum absolute atomic E-state index is 12.8. The largest absolute Gasteiger partial charge is 0.493 e. The molecule has 36 heavy (non-hydrogen) atoms. The van der Waals surface area contributed by atoms with Crippen molar-refractivity contribution in [3.8, 4) is 17.4 Å². The van der Waals surface area contributed by atoms with E-state index in [9.17, 15) is 9.59 Å². The Morgan fingerprint density at radius 3 is 2.67 bits per heavy atom. The number of nitrogens with zero attached hydrogens (tertiary/aromatic N) is 3. The molecule has 2 amide bonds. The van der Waals surface area contributed by atoms with Gasteiger partial charge in [-0.25, -0.2) is 9.50 Å². The number of nitrogens with one attached hydrogen (secondary N) is 2. The lowest BCUT2D eigenvalue weighted by atomic mass is 10.1. The molecular weight excluding hydrogens is 460 g/mol. The predicted octanol–water partition coefficient (Wildman–Crippen LogP) is 4.15. The Labute approximate surface area is 207 Å². The fourth-order valence-electron chi connectivity index (χ4n) is 3.67. The molecule has 2 aromatic heterocycles. The highest BCUT2D eigenvalue weighted by Crippen LogP contribution is 2.34. The zero-order valence-corrected chi connectivity index (χ0v) is 19.9. The van der Waals surface area contributed by atoms with E-state index in [-0.39, 0.29) is 29.7 Å². The minimum absolute atomic E-state index is 0.0252. The van der Waals surface area contributed by atoms with Crippen molar-refractivity contribution in [2.45, 2.75) is 25.8 Å². The standard InChI is InChI=1S/C26H26N6O4/c1-15(27)17-4-3-5-18(12-17)26(34)28-19-8-9-20(35-2)21(13-19)36-24-11-10-23-29-22(14-32(23)31-24)30-25(33)16-6-7-16/h3-5,8-16H,6-7,27H2,1-2H3,(H,28,34)(H,30,33). The lowest BCUT2D eigenvalue weighted by molar-refractivity contribution is -0.117. The lowest BCUT2D eigenvalue weighted by Crippen LogP contribution is -2.13. The van der Waals surface area contributed by atoms with Gasteiger partial charge in [0.25, 0.3) is 5.91 Å². The number of hydrogen-bond donors (Lipinski definition) is 3. The van der Waals surface area contributed by atoms with Gasteiger partial charge in [0.05, 0.1) is 13.3 Å². The Bertz CT molecular complexity index is 1440. The van der Waals surface area contributed by atoms with Gasteiger partial charge in [0.1, 0.15) is 0 Å². The minimum atomic E-state index is -0.271. The average molecular weight is 487 g/mol. The summed E-state index contributed by atoms with van der Waals surface area (Å²) in [5.41, 5.74) is 8.40. The highest BCUT2D eigenvalue weighted by molar-refractivity contribution is 6.04. The van der Waals surface area contributed by atoms with Gasteiger partial charge in [0.15, 0.2) is 23.0 Å². The smallest absolute Gasteiger partial charge is 0.255 e. The molecule has 0 bridgehead atoms. The van der Waals surface area contributed by atoms with Gasteiger partial charge in [0, 0.05) is 35.3 Å². The van der Waals surface area contributed by atoms with Crippen LogP contribution in [-0.2, 0) is 4.79 Å². The molecule has 2 aromatic carbocycles. The molecule has 10 nitrogen and oxygen atoms in total. The fourth-order valence-corrected chi connectivity index (χ4v) is 3.67. The van der Waals surface area contributed by atoms with Crippen LogP contribution in [0, 0.1) is 5.92 Å². The quantitative estimate of drug-likeness (QED) is 0.341. The maximum Gasteiger partial charge on any atom is 0.255 e. The van der Waals surface area contributed by atoms with Gasteiger partial charge in [-0.15, -0.1) is 5.10 Å². The minimum Gasteiger partial charge on any atom is -0.493 e. The third-order valence-corrected chi connectivity index (χ3v) is 5.81. The van der Waals surface area contributed by atoms with Crippen LogP contribution in [-0.4, -0.2) is 33.5 Å². The second-order valence-electron chi connectivity index (χ2n) is 8.70. The van der Waals surface area contributed by atoms with Gasteiger partial charge in [-0.05, 0) is 55.7 Å². The molecule has 1 aliphatic carbocycles. The van der Waals surface area contributed by atoms with Crippen LogP contribution in [0.25, 0.3) is 5.65 Å². The lowest BCUT2D eigenvalue weighted by Gasteiger charge is -2.13. The van der Waals surface area contributed by atoms with Crippen LogP contribution in [0.1, 0.15) is 41.7 Å². The highest BCUT2D eigenvalue weighted by atomic mass is 16.5. The van der Waals surface area contributed by atoms with E-state index in [1.165, 1.54) is 11.6 Å². The monoisotopic (exact) mass is 486 g/mol. The molecule has 184 valence electrons. The molecule has 1 fully saturated rings. The number of hydrogen-bond acceptors (Lipinski definition) is 7. The predicted molar refractivity (Wildman–Crippen MR) is 134 cm³/mol. The number of carbonyl (C=O) groups is 2. The first-order chi connectivity index (χ1) is 17.4. The molecule has 0 saturated heterocycles. The van der Waals surface area contributed by atoms with Crippen LogP contribution in [0.3, 0.4) is 0 Å². The zero-order valence-electron chi connectivity index (χ0n) is 19.9. The summed E-state index contributed by atoms with van der Waals surface area (Å²) in [6, 6.07) is 15.5. The van der Waals surface area contributed by atoms with Gasteiger partial charge in [-0.1, -0.05) is 12.1 Å². The number of aromatic nitrogens is 3. The maximum atomic E-state index is 12.8. The molecule has 0 spiro atoms. The van der Waals surface area contributed by atoms with Crippen LogP contribution < -0.4 is 25.8 Å². The first-order valence-corrected chi connectivity index (χ1v) is 11.6. The Morgan fingerprint density at radius 1 is 1.08 bits per heavy atom. The van der Waals surface area contributed by atoms with Gasteiger partial charge < -0.3 is 25.8 Å². The summed E-state index contributed by atoms with van der Waals surface area (Å²) in [5.74, 6) is 1.34. The molecule has 0 aliphatic heterocycles. The molecule has 10 heteroatoms. The molecule has 1 saturated carbocycles. The second kappa shape index (κ2) is 9.67. The molecule has 2 heterocycles. The number of ether oxygens (including phenoxy) is 2. The number of carbonyl (C=O) groups excluding carboxylic acids is 2. The van der Waals surface area contributed by atoms with E-state index in [0.29, 0.717) is 34.2 Å². The van der Waals surface area contributed by atoms with Crippen LogP contribution in [0.2, 0.25) is 0 Å². The molecule has 1 aliphatic rings. The van der Waals surface area contributed by atoms with E-state index in [4.69, 9.17) is 15.2 Å². The van der Waals surface area contributed by atoms with E-state index < -0.39 is 0 Å². The van der Waals surface area contributed by atoms with Gasteiger partial charge in [-0.3, -0.25) is 9.59 Å². The summed E-state index contributed by atoms with van der Waals surface area (Å²) in [7, 11) is 1.53. The van der Waals surface area contributed by atoms with Crippen LogP contribution in [0.5, 0.6) is 17.4 Å². The molecule has 4 N–H and O–H groups in total. The molecule has 4 aromatic rings. The second-order valence-corrected chi connectivity index (χ2v) is 8.70. The Hall–Kier alpha value is -4.44. The number of benzene rings is 2. The van der Waals surface area contributed by atoms with E-state index in [2.05, 4.69) is 20.7 Å². The number of anilines is 2. The summed E-state index contributed by atoms with van der Waals surface area (Å²) in [4.78, 5) is 29.2. The normalized spacial score (nSPS) is 13.8. The Kier molecular flexibility index (Phi) is 6.26. The molecular formula is C26H26N6O4. The number of amides is 2. The summed E-state index contributed by atoms with van der Waals surface area (Å²) < 4.78 is 12.9. The van der Waals surface area contributed by atoms with Gasteiger partial charge in [-0.2, -0.15) is 0 Å². The van der Waals surface area contributed by atoms with Gasteiger partial charge in [0.2, 0.25) is 11.8 Å². The van der Waals surface area contributed by atoms with Crippen LogP contribution in [0.4, 0.5) is 11.5 Å². The first-order valence-electron chi connectivity index (χ1n) is 11.6. The van der Waals surface area contributed by atoms with Crippen molar-refractivity contribution in [2.75, 3.05) is 17.7 Å². The van der Waals surface area contributed by atoms with Crippen molar-refractivity contribution >= 4 is 29.0 Å². The van der Waals surface area contributed by atoms with Crippen molar-refractivity contribution in [2.24, 2.45) is 11.7 Å². The SMILES string of the molecule is COc1ccc(NC(=O)c2cccc(C(C)N)c2)cc1Oc1ccc2nc(NC(=O)C3CC3)cn2n1. The van der Waals surface area contributed by atoms with Gasteiger partial charge >= 0.3 is 0 Å². The molecule has 1 atom stereocenters. The number of fused-ring (bicyclic) bond motifs is 1. The van der Waals surface area contributed by atoms with Crippen LogP contribution in [0.15, 0.2) is 60.8 Å². The van der Waals surface area contributed by atoms with Crippen molar-refractivity contribution < 1.29 is 19.1 Å². The van der Waals surface area contributed by atoms with Crippen LogP contribution >= 0.6 is 0 Å². The van der Waals surface area contributed by atoms with E-state index in [1.807, 2.05) is 13.0 Å². The summed E-state index contributed by atoms with van der Waals surface area (Å²) >= 11 is 0. The summed E-state index contributed by atoms with van der Waals surface area (Å²) in [5, 5.41) is 10.1. The summed E-state index contributed by atoms with van der Waals surface area (Å²) in [6.07, 6.45) is 3.46. The van der Waals surface area contributed by atoms with Crippen molar-refractivity contribution in [1.29, 1.82) is 0 Å². The van der Waals surface area contributed by atoms with Crippen molar-refractivity contribution in [3.05, 3.63) is 71.9 Å². The van der Waals surface area contributed by atoms with Crippen molar-refractivity contribution in [1.82, 2.24) is 14.6 Å². The molecule has 0 radical (unpaired) electrons. The molecule has 5 rings (SSSR count). The van der Waals surface area contributed by atoms with E-state index >= 15 is 0 Å². The first kappa shape index (κ1) is 23.3. The van der Waals surface area contributed by atoms with E-state index in [1.54, 1.807) is 54.7 Å². The Balaban J connectivity index is 1.34.